The first kappa shape index (κ1) is 6.22. The maximum Gasteiger partial charge on any atom is 0.139 e. The van der Waals surface area contributed by atoms with Crippen molar-refractivity contribution >= 4 is 5.78 Å². The lowest BCUT2D eigenvalue weighted by molar-refractivity contribution is -0.127. The molecule has 4 aliphatic carbocycles. The van der Waals surface area contributed by atoms with Gasteiger partial charge >= 0.3 is 0 Å². The summed E-state index contributed by atoms with van der Waals surface area (Å²) in [6.07, 6.45) is 2.40. The quantitative estimate of drug-likeness (QED) is 0.515. The number of hydrogen-bond acceptors (Lipinski definition) is 1. The largest absolute Gasteiger partial charge is 0.299 e. The maximum absolute atomic E-state index is 11.5. The van der Waals surface area contributed by atoms with Crippen molar-refractivity contribution in [3.8, 4) is 0 Å². The van der Waals surface area contributed by atoms with Gasteiger partial charge in [-0.3, -0.25) is 4.79 Å². The van der Waals surface area contributed by atoms with Crippen LogP contribution in [0.25, 0.3) is 0 Å². The second-order valence-corrected chi connectivity index (χ2v) is 5.24. The Kier molecular flexibility index (Phi) is 0.799. The predicted molar refractivity (Wildman–Crippen MR) is 42.0 cm³/mol. The molecular weight excluding hydrogens is 136 g/mol. The molecule has 0 aromatic rings. The molecule has 0 aromatic carbocycles. The van der Waals surface area contributed by atoms with E-state index in [9.17, 15) is 4.79 Å². The minimum Gasteiger partial charge on any atom is -0.299 e. The van der Waals surface area contributed by atoms with Crippen LogP contribution in [-0.2, 0) is 4.79 Å². The average molecular weight is 150 g/mol. The molecule has 4 aliphatic rings. The Hall–Kier alpha value is -0.330. The maximum atomic E-state index is 11.5. The average Bonchev–Trinajstić information content (AvgIpc) is 2.53. The lowest BCUT2D eigenvalue weighted by Gasteiger charge is -2.36. The molecule has 0 spiro atoms. The second-order valence-electron chi connectivity index (χ2n) is 5.24. The molecule has 0 saturated heterocycles. The Morgan fingerprint density at radius 3 is 2.55 bits per heavy atom. The molecule has 0 aromatic heterocycles. The summed E-state index contributed by atoms with van der Waals surface area (Å²) in [5.74, 6) is 3.18. The third-order valence-corrected chi connectivity index (χ3v) is 4.13. The van der Waals surface area contributed by atoms with Gasteiger partial charge in [-0.05, 0) is 30.1 Å². The summed E-state index contributed by atoms with van der Waals surface area (Å²) in [5, 5.41) is 0. The van der Waals surface area contributed by atoms with Crippen LogP contribution in [0.5, 0.6) is 0 Å². The number of hydrogen-bond donors (Lipinski definition) is 0. The fourth-order valence-corrected chi connectivity index (χ4v) is 3.79. The topological polar surface area (TPSA) is 17.1 Å². The summed E-state index contributed by atoms with van der Waals surface area (Å²) in [4.78, 5) is 11.5. The number of fused-ring (bicyclic) bond motifs is 1. The van der Waals surface area contributed by atoms with E-state index in [1.807, 2.05) is 0 Å². The van der Waals surface area contributed by atoms with Crippen LogP contribution < -0.4 is 0 Å². The van der Waals surface area contributed by atoms with Crippen molar-refractivity contribution in [1.82, 2.24) is 0 Å². The first-order valence-corrected chi connectivity index (χ1v) is 4.65. The van der Waals surface area contributed by atoms with Gasteiger partial charge in [0, 0.05) is 11.8 Å². The van der Waals surface area contributed by atoms with Gasteiger partial charge in [-0.1, -0.05) is 13.8 Å². The molecule has 1 heteroatoms. The van der Waals surface area contributed by atoms with Gasteiger partial charge in [-0.25, -0.2) is 0 Å². The van der Waals surface area contributed by atoms with E-state index in [1.54, 1.807) is 0 Å². The molecule has 0 heterocycles. The van der Waals surface area contributed by atoms with E-state index in [4.69, 9.17) is 0 Å². The highest BCUT2D eigenvalue weighted by Crippen LogP contribution is 2.71. The zero-order chi connectivity index (χ0) is 7.80. The van der Waals surface area contributed by atoms with Crippen LogP contribution in [0.1, 0.15) is 26.7 Å². The van der Waals surface area contributed by atoms with E-state index < -0.39 is 0 Å². The molecule has 60 valence electrons. The van der Waals surface area contributed by atoms with Crippen LogP contribution in [0, 0.1) is 29.1 Å². The SMILES string of the molecule is CC1(C)CC2CC3C(C2=O)C31. The Labute approximate surface area is 67.2 Å². The number of Topliss-reactive ketones (excluding diaryl/α,β-unsaturated/α-hetero) is 1. The summed E-state index contributed by atoms with van der Waals surface area (Å²) in [6.45, 7) is 4.67. The fourth-order valence-electron chi connectivity index (χ4n) is 3.79. The normalized spacial score (nSPS) is 56.4. The van der Waals surface area contributed by atoms with Crippen molar-refractivity contribution in [1.29, 1.82) is 0 Å². The summed E-state index contributed by atoms with van der Waals surface area (Å²) in [5.41, 5.74) is 0.492. The van der Waals surface area contributed by atoms with Gasteiger partial charge in [0.1, 0.15) is 5.78 Å². The Bertz CT molecular complexity index is 237. The van der Waals surface area contributed by atoms with Crippen LogP contribution in [0.3, 0.4) is 0 Å². The highest BCUT2D eigenvalue weighted by atomic mass is 16.1. The van der Waals surface area contributed by atoms with Gasteiger partial charge in [0.15, 0.2) is 0 Å². The minimum absolute atomic E-state index is 0.463. The van der Waals surface area contributed by atoms with Gasteiger partial charge in [0.05, 0.1) is 0 Å². The summed E-state index contributed by atoms with van der Waals surface area (Å²) < 4.78 is 0. The highest BCUT2D eigenvalue weighted by Gasteiger charge is 2.70. The zero-order valence-electron chi connectivity index (χ0n) is 7.13. The Balaban J connectivity index is 2.03. The number of carbonyl (C=O) groups is 1. The standard InChI is InChI=1S/C10H14O/c1-10(2)4-5-3-6-7(8(6)10)9(5)11/h5-8H,3-4H2,1-2H3. The predicted octanol–water partition coefficient (Wildman–Crippen LogP) is 1.87. The molecule has 1 nitrogen and oxygen atoms in total. The summed E-state index contributed by atoms with van der Waals surface area (Å²) >= 11 is 0. The van der Waals surface area contributed by atoms with Crippen molar-refractivity contribution in [2.75, 3.05) is 0 Å². The molecule has 4 saturated carbocycles. The van der Waals surface area contributed by atoms with Gasteiger partial charge in [0.2, 0.25) is 0 Å². The summed E-state index contributed by atoms with van der Waals surface area (Å²) in [7, 11) is 0. The van der Waals surface area contributed by atoms with Crippen LogP contribution in [0.4, 0.5) is 0 Å². The van der Waals surface area contributed by atoms with Crippen LogP contribution >= 0.6 is 0 Å². The molecule has 0 radical (unpaired) electrons. The van der Waals surface area contributed by atoms with E-state index in [1.165, 1.54) is 12.8 Å². The molecule has 0 aliphatic heterocycles. The lowest BCUT2D eigenvalue weighted by atomic mass is 9.68. The number of rotatable bonds is 0. The number of ketones is 1. The third kappa shape index (κ3) is 0.533. The van der Waals surface area contributed by atoms with Crippen LogP contribution in [0.2, 0.25) is 0 Å². The zero-order valence-corrected chi connectivity index (χ0v) is 7.13. The van der Waals surface area contributed by atoms with Crippen molar-refractivity contribution in [3.05, 3.63) is 0 Å². The van der Waals surface area contributed by atoms with Crippen molar-refractivity contribution in [2.45, 2.75) is 26.7 Å². The second kappa shape index (κ2) is 1.41. The van der Waals surface area contributed by atoms with Crippen molar-refractivity contribution in [3.63, 3.8) is 0 Å². The molecule has 4 bridgehead atoms. The van der Waals surface area contributed by atoms with Crippen LogP contribution in [0.15, 0.2) is 0 Å². The van der Waals surface area contributed by atoms with Crippen LogP contribution in [-0.4, -0.2) is 5.78 Å². The van der Waals surface area contributed by atoms with Crippen molar-refractivity contribution in [2.24, 2.45) is 29.1 Å². The lowest BCUT2D eigenvalue weighted by Crippen LogP contribution is -2.33. The smallest absolute Gasteiger partial charge is 0.139 e. The van der Waals surface area contributed by atoms with Gasteiger partial charge in [-0.15, -0.1) is 0 Å². The van der Waals surface area contributed by atoms with Crippen molar-refractivity contribution < 1.29 is 4.79 Å². The molecule has 11 heavy (non-hydrogen) atoms. The molecule has 4 rings (SSSR count). The third-order valence-electron chi connectivity index (χ3n) is 4.13. The van der Waals surface area contributed by atoms with E-state index >= 15 is 0 Å². The highest BCUT2D eigenvalue weighted by molar-refractivity contribution is 5.90. The molecule has 0 N–H and O–H groups in total. The summed E-state index contributed by atoms with van der Waals surface area (Å²) in [6, 6.07) is 0. The fraction of sp³-hybridized carbons (Fsp3) is 0.900. The van der Waals surface area contributed by atoms with E-state index in [0.717, 1.165) is 11.8 Å². The molecule has 4 fully saturated rings. The van der Waals surface area contributed by atoms with E-state index in [0.29, 0.717) is 23.0 Å². The minimum atomic E-state index is 0.463. The number of carbonyl (C=O) groups excluding carboxylic acids is 1. The van der Waals surface area contributed by atoms with Gasteiger partial charge in [0.25, 0.3) is 0 Å². The van der Waals surface area contributed by atoms with Gasteiger partial charge < -0.3 is 0 Å². The first-order valence-electron chi connectivity index (χ1n) is 4.65. The van der Waals surface area contributed by atoms with E-state index in [2.05, 4.69) is 13.8 Å². The van der Waals surface area contributed by atoms with E-state index in [-0.39, 0.29) is 0 Å². The van der Waals surface area contributed by atoms with Gasteiger partial charge in [-0.2, -0.15) is 0 Å². The Morgan fingerprint density at radius 1 is 1.45 bits per heavy atom. The molecule has 0 amide bonds. The molecular formula is C10H14O. The monoisotopic (exact) mass is 150 g/mol. The molecule has 4 atom stereocenters. The first-order chi connectivity index (χ1) is 5.11. The molecule has 4 unspecified atom stereocenters. The Morgan fingerprint density at radius 2 is 2.18 bits per heavy atom.